The average Bonchev–Trinajstić information content (AvgIpc) is 2.52. The fraction of sp³-hybridized carbons (Fsp3) is 0.176. The smallest absolute Gasteiger partial charge is 0.162 e. The standard InChI is InChI=1S/C17H14FNOS/c18-15-7-5-14(6-8-15)17(20)2-1-11-21-16-9-3-13(12-19)4-10-16/h3-10H,1-2,11H2. The summed E-state index contributed by atoms with van der Waals surface area (Å²) in [5, 5.41) is 8.71. The van der Waals surface area contributed by atoms with Gasteiger partial charge in [-0.3, -0.25) is 4.79 Å². The number of benzene rings is 2. The minimum absolute atomic E-state index is 0.0374. The van der Waals surface area contributed by atoms with E-state index in [0.29, 0.717) is 17.5 Å². The molecule has 0 spiro atoms. The first-order valence-corrected chi connectivity index (χ1v) is 7.59. The second-order valence-electron chi connectivity index (χ2n) is 4.52. The number of halogens is 1. The Hall–Kier alpha value is -2.12. The van der Waals surface area contributed by atoms with Crippen LogP contribution in [0.4, 0.5) is 4.39 Å². The largest absolute Gasteiger partial charge is 0.294 e. The van der Waals surface area contributed by atoms with Gasteiger partial charge in [-0.05, 0) is 60.7 Å². The predicted octanol–water partition coefficient (Wildman–Crippen LogP) is 4.45. The average molecular weight is 299 g/mol. The minimum atomic E-state index is -0.331. The van der Waals surface area contributed by atoms with Gasteiger partial charge in [-0.15, -0.1) is 11.8 Å². The zero-order chi connectivity index (χ0) is 15.1. The van der Waals surface area contributed by atoms with Crippen molar-refractivity contribution in [1.82, 2.24) is 0 Å². The molecule has 0 unspecified atom stereocenters. The molecule has 21 heavy (non-hydrogen) atoms. The maximum atomic E-state index is 12.8. The highest BCUT2D eigenvalue weighted by Crippen LogP contribution is 2.20. The van der Waals surface area contributed by atoms with E-state index in [4.69, 9.17) is 5.26 Å². The van der Waals surface area contributed by atoms with E-state index in [2.05, 4.69) is 6.07 Å². The molecule has 0 amide bonds. The van der Waals surface area contributed by atoms with Crippen molar-refractivity contribution in [3.8, 4) is 6.07 Å². The lowest BCUT2D eigenvalue weighted by atomic mass is 10.1. The third kappa shape index (κ3) is 4.73. The molecular formula is C17H14FNOS. The topological polar surface area (TPSA) is 40.9 Å². The zero-order valence-electron chi connectivity index (χ0n) is 11.4. The Morgan fingerprint density at radius 3 is 2.38 bits per heavy atom. The predicted molar refractivity (Wildman–Crippen MR) is 81.8 cm³/mol. The van der Waals surface area contributed by atoms with Crippen LogP contribution in [0.1, 0.15) is 28.8 Å². The number of hydrogen-bond donors (Lipinski definition) is 0. The number of nitrogens with zero attached hydrogens (tertiary/aromatic N) is 1. The molecule has 0 saturated carbocycles. The first kappa shape index (κ1) is 15.3. The van der Waals surface area contributed by atoms with Gasteiger partial charge < -0.3 is 0 Å². The van der Waals surface area contributed by atoms with Crippen LogP contribution >= 0.6 is 11.8 Å². The van der Waals surface area contributed by atoms with Crippen LogP contribution in [0.3, 0.4) is 0 Å². The molecule has 0 atom stereocenters. The minimum Gasteiger partial charge on any atom is -0.294 e. The van der Waals surface area contributed by atoms with E-state index in [1.807, 2.05) is 12.1 Å². The van der Waals surface area contributed by atoms with Gasteiger partial charge in [-0.25, -0.2) is 4.39 Å². The number of nitriles is 1. The van der Waals surface area contributed by atoms with Gasteiger partial charge in [0.1, 0.15) is 5.82 Å². The number of ketones is 1. The number of hydrogen-bond acceptors (Lipinski definition) is 3. The highest BCUT2D eigenvalue weighted by Gasteiger charge is 2.05. The van der Waals surface area contributed by atoms with E-state index in [1.54, 1.807) is 23.9 Å². The molecule has 0 aromatic heterocycles. The van der Waals surface area contributed by atoms with Crippen molar-refractivity contribution in [3.05, 3.63) is 65.5 Å². The summed E-state index contributed by atoms with van der Waals surface area (Å²) in [6.45, 7) is 0. The molecule has 2 rings (SSSR count). The molecule has 0 bridgehead atoms. The Balaban J connectivity index is 1.75. The molecule has 106 valence electrons. The zero-order valence-corrected chi connectivity index (χ0v) is 12.2. The van der Waals surface area contributed by atoms with Crippen molar-refractivity contribution in [2.75, 3.05) is 5.75 Å². The van der Waals surface area contributed by atoms with Crippen LogP contribution in [-0.4, -0.2) is 11.5 Å². The Labute approximate surface area is 127 Å². The summed E-state index contributed by atoms with van der Waals surface area (Å²) in [4.78, 5) is 13.0. The molecule has 2 nitrogen and oxygen atoms in total. The van der Waals surface area contributed by atoms with Gasteiger partial charge in [-0.2, -0.15) is 5.26 Å². The molecule has 0 heterocycles. The van der Waals surface area contributed by atoms with Crippen LogP contribution in [0, 0.1) is 17.1 Å². The van der Waals surface area contributed by atoms with E-state index in [1.165, 1.54) is 24.3 Å². The summed E-state index contributed by atoms with van der Waals surface area (Å²) in [7, 11) is 0. The molecule has 0 radical (unpaired) electrons. The van der Waals surface area contributed by atoms with Crippen LogP contribution in [0.25, 0.3) is 0 Å². The highest BCUT2D eigenvalue weighted by atomic mass is 32.2. The van der Waals surface area contributed by atoms with Crippen molar-refractivity contribution in [2.24, 2.45) is 0 Å². The third-order valence-corrected chi connectivity index (χ3v) is 4.06. The Bertz CT molecular complexity index is 644. The fourth-order valence-corrected chi connectivity index (χ4v) is 2.68. The number of thioether (sulfide) groups is 1. The van der Waals surface area contributed by atoms with Gasteiger partial charge in [0, 0.05) is 16.9 Å². The van der Waals surface area contributed by atoms with Crippen molar-refractivity contribution >= 4 is 17.5 Å². The molecule has 0 saturated heterocycles. The summed E-state index contributed by atoms with van der Waals surface area (Å²) in [5.41, 5.74) is 1.20. The summed E-state index contributed by atoms with van der Waals surface area (Å²) in [6.07, 6.45) is 1.22. The SMILES string of the molecule is N#Cc1ccc(SCCCC(=O)c2ccc(F)cc2)cc1. The Kier molecular flexibility index (Phi) is 5.53. The Morgan fingerprint density at radius 2 is 1.76 bits per heavy atom. The van der Waals surface area contributed by atoms with E-state index < -0.39 is 0 Å². The van der Waals surface area contributed by atoms with Gasteiger partial charge in [0.05, 0.1) is 11.6 Å². The quantitative estimate of drug-likeness (QED) is 0.449. The monoisotopic (exact) mass is 299 g/mol. The van der Waals surface area contributed by atoms with E-state index in [-0.39, 0.29) is 11.6 Å². The molecule has 2 aromatic carbocycles. The van der Waals surface area contributed by atoms with Crippen molar-refractivity contribution in [1.29, 1.82) is 5.26 Å². The normalized spacial score (nSPS) is 10.1. The summed E-state index contributed by atoms with van der Waals surface area (Å²) in [6, 6.07) is 15.1. The van der Waals surface area contributed by atoms with Crippen molar-refractivity contribution in [2.45, 2.75) is 17.7 Å². The molecule has 4 heteroatoms. The van der Waals surface area contributed by atoms with Crippen LogP contribution in [-0.2, 0) is 0 Å². The van der Waals surface area contributed by atoms with Crippen LogP contribution in [0.5, 0.6) is 0 Å². The summed E-state index contributed by atoms with van der Waals surface area (Å²) >= 11 is 1.66. The van der Waals surface area contributed by atoms with Crippen molar-refractivity contribution in [3.63, 3.8) is 0 Å². The van der Waals surface area contributed by atoms with Gasteiger partial charge in [0.25, 0.3) is 0 Å². The van der Waals surface area contributed by atoms with Gasteiger partial charge in [-0.1, -0.05) is 0 Å². The fourth-order valence-electron chi connectivity index (χ4n) is 1.83. The third-order valence-electron chi connectivity index (χ3n) is 2.97. The van der Waals surface area contributed by atoms with Crippen LogP contribution in [0.2, 0.25) is 0 Å². The number of carbonyl (C=O) groups is 1. The molecule has 0 aliphatic rings. The molecule has 0 aliphatic heterocycles. The molecular weight excluding hydrogens is 285 g/mol. The molecule has 0 N–H and O–H groups in total. The second kappa shape index (κ2) is 7.61. The number of Topliss-reactive ketones (excluding diaryl/α,β-unsaturated/α-hetero) is 1. The van der Waals surface area contributed by atoms with Crippen molar-refractivity contribution < 1.29 is 9.18 Å². The summed E-state index contributed by atoms with van der Waals surface area (Å²) in [5.74, 6) is 0.539. The van der Waals surface area contributed by atoms with Gasteiger partial charge in [0.15, 0.2) is 5.78 Å². The molecule has 2 aromatic rings. The first-order valence-electron chi connectivity index (χ1n) is 6.61. The lowest BCUT2D eigenvalue weighted by Gasteiger charge is -2.02. The van der Waals surface area contributed by atoms with Gasteiger partial charge >= 0.3 is 0 Å². The van der Waals surface area contributed by atoms with Crippen LogP contribution < -0.4 is 0 Å². The lowest BCUT2D eigenvalue weighted by Crippen LogP contribution is -1.99. The Morgan fingerprint density at radius 1 is 1.10 bits per heavy atom. The molecule has 0 fully saturated rings. The maximum Gasteiger partial charge on any atom is 0.162 e. The van der Waals surface area contributed by atoms with E-state index >= 15 is 0 Å². The van der Waals surface area contributed by atoms with E-state index in [0.717, 1.165) is 17.1 Å². The van der Waals surface area contributed by atoms with Gasteiger partial charge in [0.2, 0.25) is 0 Å². The first-order chi connectivity index (χ1) is 10.2. The lowest BCUT2D eigenvalue weighted by molar-refractivity contribution is 0.0982. The highest BCUT2D eigenvalue weighted by molar-refractivity contribution is 7.99. The second-order valence-corrected chi connectivity index (χ2v) is 5.69. The van der Waals surface area contributed by atoms with E-state index in [9.17, 15) is 9.18 Å². The number of carbonyl (C=O) groups excluding carboxylic acids is 1. The molecule has 0 aliphatic carbocycles. The van der Waals surface area contributed by atoms with Crippen LogP contribution in [0.15, 0.2) is 53.4 Å². The number of rotatable bonds is 6. The maximum absolute atomic E-state index is 12.8. The summed E-state index contributed by atoms with van der Waals surface area (Å²) < 4.78 is 12.8.